The summed E-state index contributed by atoms with van der Waals surface area (Å²) >= 11 is 0. The van der Waals surface area contributed by atoms with Crippen molar-refractivity contribution in [1.82, 2.24) is 15.0 Å². The molecule has 0 aliphatic carbocycles. The molecule has 134 valence electrons. The fraction of sp³-hybridized carbons (Fsp3) is 0.0952. The molecule has 0 saturated carbocycles. The Labute approximate surface area is 156 Å². The van der Waals surface area contributed by atoms with Crippen molar-refractivity contribution in [3.8, 4) is 0 Å². The maximum Gasteiger partial charge on any atom is 0.229 e. The van der Waals surface area contributed by atoms with Crippen molar-refractivity contribution in [3.05, 3.63) is 83.9 Å². The van der Waals surface area contributed by atoms with E-state index >= 15 is 0 Å². The number of benzene rings is 2. The molecule has 0 radical (unpaired) electrons. The zero-order valence-corrected chi connectivity index (χ0v) is 14.8. The molecule has 0 bridgehead atoms. The summed E-state index contributed by atoms with van der Waals surface area (Å²) < 4.78 is 13.8. The lowest BCUT2D eigenvalue weighted by Gasteiger charge is -2.11. The Bertz CT molecular complexity index is 1090. The van der Waals surface area contributed by atoms with Gasteiger partial charge in [0.25, 0.3) is 0 Å². The highest BCUT2D eigenvalue weighted by Crippen LogP contribution is 2.24. The summed E-state index contributed by atoms with van der Waals surface area (Å²) in [6.07, 6.45) is 1.76. The fourth-order valence-electron chi connectivity index (χ4n) is 2.87. The molecule has 2 N–H and O–H groups in total. The molecule has 0 saturated heterocycles. The predicted octanol–water partition coefficient (Wildman–Crippen LogP) is 4.83. The largest absolute Gasteiger partial charge is 0.366 e. The second-order valence-electron chi connectivity index (χ2n) is 6.17. The number of aromatic nitrogens is 3. The molecule has 0 aliphatic rings. The Hall–Kier alpha value is -3.54. The highest BCUT2D eigenvalue weighted by atomic mass is 19.1. The third-order valence-corrected chi connectivity index (χ3v) is 4.15. The Morgan fingerprint density at radius 1 is 0.963 bits per heavy atom. The monoisotopic (exact) mass is 359 g/mol. The van der Waals surface area contributed by atoms with Crippen molar-refractivity contribution < 1.29 is 4.39 Å². The van der Waals surface area contributed by atoms with Crippen LogP contribution in [0, 0.1) is 12.7 Å². The lowest BCUT2D eigenvalue weighted by molar-refractivity contribution is 0.613. The van der Waals surface area contributed by atoms with Gasteiger partial charge in [-0.15, -0.1) is 0 Å². The SMILES string of the molecule is Cc1cc(NCc2ccccc2F)nc(Nc2cccc3cccnc23)n1. The number of nitrogens with zero attached hydrogens (tertiary/aromatic N) is 3. The van der Waals surface area contributed by atoms with Crippen LogP contribution in [0.15, 0.2) is 66.9 Å². The quantitative estimate of drug-likeness (QED) is 0.534. The summed E-state index contributed by atoms with van der Waals surface area (Å²) in [5, 5.41) is 7.43. The van der Waals surface area contributed by atoms with Gasteiger partial charge in [-0.1, -0.05) is 36.4 Å². The molecular weight excluding hydrogens is 341 g/mol. The molecule has 6 heteroatoms. The Morgan fingerprint density at radius 2 is 1.81 bits per heavy atom. The third kappa shape index (κ3) is 3.84. The number of hydrogen-bond donors (Lipinski definition) is 2. The van der Waals surface area contributed by atoms with Gasteiger partial charge in [0, 0.05) is 35.5 Å². The van der Waals surface area contributed by atoms with Gasteiger partial charge in [0.15, 0.2) is 0 Å². The zero-order valence-electron chi connectivity index (χ0n) is 14.8. The molecule has 0 aliphatic heterocycles. The maximum absolute atomic E-state index is 13.8. The molecule has 2 aromatic carbocycles. The maximum atomic E-state index is 13.8. The lowest BCUT2D eigenvalue weighted by Crippen LogP contribution is -2.06. The molecule has 4 aromatic rings. The average Bonchev–Trinajstić information content (AvgIpc) is 2.67. The van der Waals surface area contributed by atoms with Crippen LogP contribution in [0.5, 0.6) is 0 Å². The van der Waals surface area contributed by atoms with Crippen LogP contribution in [0.25, 0.3) is 10.9 Å². The standard InChI is InChI=1S/C21H18FN5/c1-14-12-19(24-13-16-6-2-3-9-17(16)22)27-21(25-14)26-18-10-4-7-15-8-5-11-23-20(15)18/h2-12H,13H2,1H3,(H2,24,25,26,27). The summed E-state index contributed by atoms with van der Waals surface area (Å²) in [6, 6.07) is 18.3. The number of fused-ring (bicyclic) bond motifs is 1. The van der Waals surface area contributed by atoms with Crippen LogP contribution in [0.1, 0.15) is 11.3 Å². The first-order chi connectivity index (χ1) is 13.2. The van der Waals surface area contributed by atoms with E-state index in [-0.39, 0.29) is 5.82 Å². The van der Waals surface area contributed by atoms with E-state index in [0.29, 0.717) is 23.9 Å². The first-order valence-electron chi connectivity index (χ1n) is 8.63. The molecule has 0 amide bonds. The van der Waals surface area contributed by atoms with Crippen molar-refractivity contribution >= 4 is 28.4 Å². The van der Waals surface area contributed by atoms with E-state index in [1.165, 1.54) is 6.07 Å². The minimum absolute atomic E-state index is 0.240. The number of hydrogen-bond acceptors (Lipinski definition) is 5. The molecule has 4 rings (SSSR count). The van der Waals surface area contributed by atoms with Gasteiger partial charge in [0.05, 0.1) is 11.2 Å². The summed E-state index contributed by atoms with van der Waals surface area (Å²) in [7, 11) is 0. The van der Waals surface area contributed by atoms with Crippen LogP contribution in [0.4, 0.5) is 21.8 Å². The van der Waals surface area contributed by atoms with E-state index < -0.39 is 0 Å². The van der Waals surface area contributed by atoms with Gasteiger partial charge in [0.1, 0.15) is 11.6 Å². The van der Waals surface area contributed by atoms with Crippen LogP contribution in [-0.4, -0.2) is 15.0 Å². The van der Waals surface area contributed by atoms with Crippen LogP contribution >= 0.6 is 0 Å². The molecule has 0 unspecified atom stereocenters. The summed E-state index contributed by atoms with van der Waals surface area (Å²) in [5.41, 5.74) is 3.07. The number of para-hydroxylation sites is 1. The molecular formula is C21H18FN5. The molecule has 2 aromatic heterocycles. The fourth-order valence-corrected chi connectivity index (χ4v) is 2.87. The van der Waals surface area contributed by atoms with Crippen LogP contribution < -0.4 is 10.6 Å². The van der Waals surface area contributed by atoms with Gasteiger partial charge in [-0.25, -0.2) is 9.37 Å². The molecule has 0 atom stereocenters. The summed E-state index contributed by atoms with van der Waals surface area (Å²) in [6.45, 7) is 2.24. The Morgan fingerprint density at radius 3 is 2.70 bits per heavy atom. The van der Waals surface area contributed by atoms with E-state index in [4.69, 9.17) is 0 Å². The highest BCUT2D eigenvalue weighted by Gasteiger charge is 2.07. The molecule has 0 fully saturated rings. The topological polar surface area (TPSA) is 62.7 Å². The van der Waals surface area contributed by atoms with Gasteiger partial charge < -0.3 is 10.6 Å². The first kappa shape index (κ1) is 16.9. The van der Waals surface area contributed by atoms with Crippen LogP contribution in [0.2, 0.25) is 0 Å². The van der Waals surface area contributed by atoms with Gasteiger partial charge in [-0.3, -0.25) is 4.98 Å². The predicted molar refractivity (Wildman–Crippen MR) is 106 cm³/mol. The van der Waals surface area contributed by atoms with E-state index in [9.17, 15) is 4.39 Å². The summed E-state index contributed by atoms with van der Waals surface area (Å²) in [4.78, 5) is 13.4. The first-order valence-corrected chi connectivity index (χ1v) is 8.63. The van der Waals surface area contributed by atoms with Gasteiger partial charge in [-0.2, -0.15) is 4.98 Å². The summed E-state index contributed by atoms with van der Waals surface area (Å²) in [5.74, 6) is 0.849. The highest BCUT2D eigenvalue weighted by molar-refractivity contribution is 5.91. The van der Waals surface area contributed by atoms with E-state index in [1.54, 1.807) is 18.3 Å². The normalized spacial score (nSPS) is 10.7. The number of aryl methyl sites for hydroxylation is 1. The minimum atomic E-state index is -0.240. The number of pyridine rings is 1. The average molecular weight is 359 g/mol. The van der Waals surface area contributed by atoms with Gasteiger partial charge >= 0.3 is 0 Å². The van der Waals surface area contributed by atoms with Crippen LogP contribution in [0.3, 0.4) is 0 Å². The smallest absolute Gasteiger partial charge is 0.229 e. The Kier molecular flexibility index (Phi) is 4.61. The van der Waals surface area contributed by atoms with Crippen molar-refractivity contribution in [1.29, 1.82) is 0 Å². The van der Waals surface area contributed by atoms with E-state index in [2.05, 4.69) is 25.6 Å². The molecule has 5 nitrogen and oxygen atoms in total. The van der Waals surface area contributed by atoms with Crippen molar-refractivity contribution in [2.24, 2.45) is 0 Å². The third-order valence-electron chi connectivity index (χ3n) is 4.15. The number of halogens is 1. The van der Waals surface area contributed by atoms with Crippen molar-refractivity contribution in [2.45, 2.75) is 13.5 Å². The van der Waals surface area contributed by atoms with Gasteiger partial charge in [0.2, 0.25) is 5.95 Å². The molecule has 0 spiro atoms. The number of nitrogens with one attached hydrogen (secondary N) is 2. The minimum Gasteiger partial charge on any atom is -0.366 e. The van der Waals surface area contributed by atoms with E-state index in [0.717, 1.165) is 22.3 Å². The molecule has 2 heterocycles. The second kappa shape index (κ2) is 7.37. The van der Waals surface area contributed by atoms with Crippen LogP contribution in [-0.2, 0) is 6.54 Å². The van der Waals surface area contributed by atoms with Gasteiger partial charge in [-0.05, 0) is 25.1 Å². The van der Waals surface area contributed by atoms with Crippen molar-refractivity contribution in [3.63, 3.8) is 0 Å². The molecule has 27 heavy (non-hydrogen) atoms. The number of rotatable bonds is 5. The zero-order chi connectivity index (χ0) is 18.6. The van der Waals surface area contributed by atoms with E-state index in [1.807, 2.05) is 49.4 Å². The second-order valence-corrected chi connectivity index (χ2v) is 6.17. The Balaban J connectivity index is 1.58. The van der Waals surface area contributed by atoms with Crippen molar-refractivity contribution in [2.75, 3.05) is 10.6 Å². The lowest BCUT2D eigenvalue weighted by atomic mass is 10.2. The number of anilines is 3.